The van der Waals surface area contributed by atoms with Gasteiger partial charge in [0.15, 0.2) is 0 Å². The molecule has 35 heavy (non-hydrogen) atoms. The third-order valence-corrected chi connectivity index (χ3v) is 8.27. The second-order valence-corrected chi connectivity index (χ2v) is 10.5. The van der Waals surface area contributed by atoms with E-state index in [-0.39, 0.29) is 23.4 Å². The number of amides is 3. The Labute approximate surface area is 208 Å². The number of benzene rings is 2. The third-order valence-electron chi connectivity index (χ3n) is 7.06. The van der Waals surface area contributed by atoms with Gasteiger partial charge in [0.2, 0.25) is 0 Å². The molecule has 3 amide bonds. The first-order valence-corrected chi connectivity index (χ1v) is 13.0. The number of piperidine rings is 1. The number of fused-ring (bicyclic) bond motifs is 2. The normalized spacial score (nSPS) is 16.1. The summed E-state index contributed by atoms with van der Waals surface area (Å²) >= 11 is 1.39. The maximum atomic E-state index is 13.0. The number of carbonyl (C=O) groups excluding carboxylic acids is 2. The lowest BCUT2D eigenvalue weighted by Crippen LogP contribution is -2.42. The Balaban J connectivity index is 1.13. The number of anilines is 1. The molecular weight excluding hydrogens is 462 g/mol. The van der Waals surface area contributed by atoms with Gasteiger partial charge in [-0.15, -0.1) is 11.3 Å². The van der Waals surface area contributed by atoms with Crippen LogP contribution >= 0.6 is 11.3 Å². The quantitative estimate of drug-likeness (QED) is 0.460. The number of likely N-dealkylation sites (tertiary alicyclic amines) is 1. The molecule has 3 N–H and O–H groups in total. The fourth-order valence-electron chi connectivity index (χ4n) is 5.11. The van der Waals surface area contributed by atoms with Gasteiger partial charge in [-0.2, -0.15) is 0 Å². The number of urea groups is 1. The summed E-state index contributed by atoms with van der Waals surface area (Å²) in [4.78, 5) is 40.3. The zero-order chi connectivity index (χ0) is 24.4. The van der Waals surface area contributed by atoms with Crippen molar-refractivity contribution in [1.82, 2.24) is 10.2 Å². The molecule has 1 fully saturated rings. The lowest BCUT2D eigenvalue weighted by molar-refractivity contribution is 0.0684. The van der Waals surface area contributed by atoms with Crippen LogP contribution in [0.4, 0.5) is 9.80 Å². The van der Waals surface area contributed by atoms with E-state index in [0.29, 0.717) is 30.2 Å². The zero-order valence-electron chi connectivity index (χ0n) is 19.5. The second kappa shape index (κ2) is 10.1. The molecule has 3 aromatic rings. The summed E-state index contributed by atoms with van der Waals surface area (Å²) in [5.74, 6) is -0.664. The number of carboxylic acids is 1. The Bertz CT molecular complexity index is 1280. The molecule has 0 spiro atoms. The number of nitrogens with zero attached hydrogens (tertiary/aromatic N) is 1. The number of hydrogen-bond acceptors (Lipinski definition) is 4. The molecule has 2 aliphatic rings. The number of nitrogens with one attached hydrogen (secondary N) is 2. The summed E-state index contributed by atoms with van der Waals surface area (Å²) in [5.41, 5.74) is 1.83. The van der Waals surface area contributed by atoms with E-state index in [4.69, 9.17) is 0 Å². The topological polar surface area (TPSA) is 98.7 Å². The molecule has 182 valence electrons. The predicted molar refractivity (Wildman–Crippen MR) is 138 cm³/mol. The molecule has 8 heteroatoms. The van der Waals surface area contributed by atoms with Gasteiger partial charge in [0.25, 0.3) is 5.91 Å². The maximum Gasteiger partial charge on any atom is 0.339 e. The van der Waals surface area contributed by atoms with E-state index >= 15 is 0 Å². The molecule has 7 nitrogen and oxygen atoms in total. The molecule has 1 aliphatic heterocycles. The Morgan fingerprint density at radius 3 is 2.51 bits per heavy atom. The molecule has 0 radical (unpaired) electrons. The van der Waals surface area contributed by atoms with Crippen molar-refractivity contribution in [2.45, 2.75) is 38.5 Å². The smallest absolute Gasteiger partial charge is 0.339 e. The summed E-state index contributed by atoms with van der Waals surface area (Å²) in [7, 11) is 0. The molecule has 2 aromatic carbocycles. The SMILES string of the molecule is O=C(NCC1CCN(C(=O)c2ccc3ccccc3c2)CC1)Nc1sc2c(c1C(=O)O)CCCC2. The van der Waals surface area contributed by atoms with Gasteiger partial charge in [-0.3, -0.25) is 10.1 Å². The van der Waals surface area contributed by atoms with Crippen molar-refractivity contribution >= 4 is 45.0 Å². The van der Waals surface area contributed by atoms with E-state index in [1.54, 1.807) is 0 Å². The molecule has 0 unspecified atom stereocenters. The summed E-state index contributed by atoms with van der Waals surface area (Å²) in [6.07, 6.45) is 5.30. The van der Waals surface area contributed by atoms with Crippen LogP contribution < -0.4 is 10.6 Å². The Hall–Kier alpha value is -3.39. The molecule has 1 saturated heterocycles. The van der Waals surface area contributed by atoms with Crippen LogP contribution in [0.1, 0.15) is 56.8 Å². The van der Waals surface area contributed by atoms with Gasteiger partial charge in [0, 0.05) is 30.1 Å². The molecular formula is C27H29N3O4S. The van der Waals surface area contributed by atoms with Gasteiger partial charge in [-0.1, -0.05) is 30.3 Å². The lowest BCUT2D eigenvalue weighted by atomic mass is 9.95. The van der Waals surface area contributed by atoms with Crippen LogP contribution in [0, 0.1) is 5.92 Å². The van der Waals surface area contributed by atoms with Crippen LogP contribution in [0.5, 0.6) is 0 Å². The highest BCUT2D eigenvalue weighted by atomic mass is 32.1. The highest BCUT2D eigenvalue weighted by Gasteiger charge is 2.27. The van der Waals surface area contributed by atoms with Crippen LogP contribution in [0.3, 0.4) is 0 Å². The van der Waals surface area contributed by atoms with Crippen LogP contribution in [0.2, 0.25) is 0 Å². The second-order valence-electron chi connectivity index (χ2n) is 9.35. The Morgan fingerprint density at radius 2 is 1.74 bits per heavy atom. The minimum absolute atomic E-state index is 0.0442. The number of hydrogen-bond donors (Lipinski definition) is 3. The van der Waals surface area contributed by atoms with Crippen molar-refractivity contribution in [3.05, 3.63) is 64.0 Å². The number of aryl methyl sites for hydroxylation is 1. The first-order chi connectivity index (χ1) is 17.0. The molecule has 1 aliphatic carbocycles. The fourth-order valence-corrected chi connectivity index (χ4v) is 6.39. The van der Waals surface area contributed by atoms with Crippen LogP contribution in [-0.2, 0) is 12.8 Å². The van der Waals surface area contributed by atoms with E-state index < -0.39 is 5.97 Å². The van der Waals surface area contributed by atoms with E-state index in [1.807, 2.05) is 47.4 Å². The number of aromatic carboxylic acids is 1. The van der Waals surface area contributed by atoms with Crippen LogP contribution in [-0.4, -0.2) is 47.5 Å². The Kier molecular flexibility index (Phi) is 6.72. The lowest BCUT2D eigenvalue weighted by Gasteiger charge is -2.32. The summed E-state index contributed by atoms with van der Waals surface area (Å²) in [5, 5.41) is 17.9. The average molecular weight is 492 g/mol. The van der Waals surface area contributed by atoms with Crippen LogP contribution in [0.15, 0.2) is 42.5 Å². The zero-order valence-corrected chi connectivity index (χ0v) is 20.3. The molecule has 0 saturated carbocycles. The van der Waals surface area contributed by atoms with Gasteiger partial charge in [-0.25, -0.2) is 9.59 Å². The summed E-state index contributed by atoms with van der Waals surface area (Å²) < 4.78 is 0. The van der Waals surface area contributed by atoms with Crippen molar-refractivity contribution in [3.63, 3.8) is 0 Å². The van der Waals surface area contributed by atoms with Crippen molar-refractivity contribution in [3.8, 4) is 0 Å². The van der Waals surface area contributed by atoms with E-state index in [2.05, 4.69) is 10.6 Å². The molecule has 1 aromatic heterocycles. The number of carboxylic acid groups (broad SMARTS) is 1. The predicted octanol–water partition coefficient (Wildman–Crippen LogP) is 5.15. The average Bonchev–Trinajstić information content (AvgIpc) is 3.25. The first-order valence-electron chi connectivity index (χ1n) is 12.2. The molecule has 5 rings (SSSR count). The van der Waals surface area contributed by atoms with Crippen molar-refractivity contribution in [1.29, 1.82) is 0 Å². The molecule has 2 heterocycles. The number of rotatable bonds is 5. The fraction of sp³-hybridized carbons (Fsp3) is 0.370. The summed E-state index contributed by atoms with van der Waals surface area (Å²) in [6, 6.07) is 13.5. The highest BCUT2D eigenvalue weighted by Crippen LogP contribution is 2.38. The first kappa shape index (κ1) is 23.4. The number of carbonyl (C=O) groups is 3. The highest BCUT2D eigenvalue weighted by molar-refractivity contribution is 7.17. The third kappa shape index (κ3) is 5.03. The monoisotopic (exact) mass is 491 g/mol. The standard InChI is InChI=1S/C27H29N3O4S/c31-25(20-10-9-18-5-1-2-6-19(18)15-20)30-13-11-17(12-14-30)16-28-27(34)29-24-23(26(32)33)21-7-3-4-8-22(21)35-24/h1-2,5-6,9-10,15,17H,3-4,7-8,11-14,16H2,(H,32,33)(H2,28,29,34). The van der Waals surface area contributed by atoms with Gasteiger partial charge < -0.3 is 15.3 Å². The van der Waals surface area contributed by atoms with E-state index in [0.717, 1.165) is 59.7 Å². The maximum absolute atomic E-state index is 13.0. The van der Waals surface area contributed by atoms with E-state index in [9.17, 15) is 19.5 Å². The molecule has 0 atom stereocenters. The Morgan fingerprint density at radius 1 is 1.00 bits per heavy atom. The largest absolute Gasteiger partial charge is 0.478 e. The van der Waals surface area contributed by atoms with E-state index in [1.165, 1.54) is 11.3 Å². The van der Waals surface area contributed by atoms with Gasteiger partial charge >= 0.3 is 12.0 Å². The number of thiophene rings is 1. The minimum atomic E-state index is -0.983. The van der Waals surface area contributed by atoms with Crippen molar-refractivity contribution < 1.29 is 19.5 Å². The van der Waals surface area contributed by atoms with Crippen molar-refractivity contribution in [2.75, 3.05) is 25.0 Å². The van der Waals surface area contributed by atoms with Gasteiger partial charge in [-0.05, 0) is 72.9 Å². The minimum Gasteiger partial charge on any atom is -0.478 e. The summed E-state index contributed by atoms with van der Waals surface area (Å²) in [6.45, 7) is 1.80. The van der Waals surface area contributed by atoms with Gasteiger partial charge in [0.1, 0.15) is 5.00 Å². The van der Waals surface area contributed by atoms with Crippen LogP contribution in [0.25, 0.3) is 10.8 Å². The van der Waals surface area contributed by atoms with Gasteiger partial charge in [0.05, 0.1) is 5.56 Å². The van der Waals surface area contributed by atoms with Crippen molar-refractivity contribution in [2.24, 2.45) is 5.92 Å². The molecule has 0 bridgehead atoms.